The summed E-state index contributed by atoms with van der Waals surface area (Å²) < 4.78 is 12.1. The molecule has 1 heterocycles. The molecule has 1 saturated heterocycles. The normalized spacial score (nSPS) is 25.7. The molecule has 1 fully saturated rings. The highest BCUT2D eigenvalue weighted by molar-refractivity contribution is 9.10. The smallest absolute Gasteiger partial charge is 0.162 e. The summed E-state index contributed by atoms with van der Waals surface area (Å²) in [5.74, 6) is 0. The van der Waals surface area contributed by atoms with E-state index in [1.807, 2.05) is 12.1 Å². The van der Waals surface area contributed by atoms with Gasteiger partial charge in [0.05, 0.1) is 12.7 Å². The van der Waals surface area contributed by atoms with E-state index in [4.69, 9.17) is 15.2 Å². The fourth-order valence-corrected chi connectivity index (χ4v) is 1.82. The third-order valence-corrected chi connectivity index (χ3v) is 2.92. The molecule has 0 aromatic heterocycles. The molecule has 2 N–H and O–H groups in total. The largest absolute Gasteiger partial charge is 0.350 e. The lowest BCUT2D eigenvalue weighted by atomic mass is 10.1. The predicted molar refractivity (Wildman–Crippen MR) is 61.5 cm³/mol. The maximum Gasteiger partial charge on any atom is 0.162 e. The van der Waals surface area contributed by atoms with Crippen molar-refractivity contribution >= 4 is 15.9 Å². The average molecular weight is 272 g/mol. The summed E-state index contributed by atoms with van der Waals surface area (Å²) >= 11 is 3.40. The molecule has 2 unspecified atom stereocenters. The highest BCUT2D eigenvalue weighted by Crippen LogP contribution is 2.17. The Bertz CT molecular complexity index is 315. The first-order chi connectivity index (χ1) is 7.28. The van der Waals surface area contributed by atoms with E-state index in [0.717, 1.165) is 10.9 Å². The number of halogens is 1. The van der Waals surface area contributed by atoms with Crippen molar-refractivity contribution in [2.75, 3.05) is 13.2 Å². The van der Waals surface area contributed by atoms with Gasteiger partial charge in [-0.3, -0.25) is 0 Å². The molecule has 0 aliphatic carbocycles. The molecule has 4 heteroatoms. The summed E-state index contributed by atoms with van der Waals surface area (Å²) in [6.07, 6.45) is 0.703. The summed E-state index contributed by atoms with van der Waals surface area (Å²) in [7, 11) is 0. The lowest BCUT2D eigenvalue weighted by Crippen LogP contribution is -2.23. The molecule has 1 aliphatic heterocycles. The molecule has 15 heavy (non-hydrogen) atoms. The molecule has 0 amide bonds. The van der Waals surface area contributed by atoms with Crippen LogP contribution in [-0.4, -0.2) is 25.5 Å². The molecular weight excluding hydrogens is 258 g/mol. The lowest BCUT2D eigenvalue weighted by molar-refractivity contribution is -0.0541. The molecule has 1 aliphatic rings. The van der Waals surface area contributed by atoms with E-state index in [1.54, 1.807) is 0 Å². The van der Waals surface area contributed by atoms with E-state index in [2.05, 4.69) is 28.1 Å². The van der Waals surface area contributed by atoms with Crippen LogP contribution in [0.25, 0.3) is 0 Å². The third-order valence-electron chi connectivity index (χ3n) is 2.39. The standard InChI is InChI=1S/C11H14BrNO2/c12-9-3-1-8(2-4-9)5-11-14-7-10(6-13)15-11/h1-4,10-11H,5-7,13H2. The molecule has 1 aromatic carbocycles. The van der Waals surface area contributed by atoms with Gasteiger partial charge in [-0.1, -0.05) is 28.1 Å². The lowest BCUT2D eigenvalue weighted by Gasteiger charge is -2.10. The summed E-state index contributed by atoms with van der Waals surface area (Å²) in [6, 6.07) is 8.16. The molecule has 2 rings (SSSR count). The van der Waals surface area contributed by atoms with E-state index < -0.39 is 0 Å². The Labute approximate surface area is 97.7 Å². The van der Waals surface area contributed by atoms with Crippen molar-refractivity contribution in [2.24, 2.45) is 5.73 Å². The molecule has 0 bridgehead atoms. The van der Waals surface area contributed by atoms with Crippen LogP contribution >= 0.6 is 15.9 Å². The van der Waals surface area contributed by atoms with Crippen LogP contribution in [0.15, 0.2) is 28.7 Å². The maximum absolute atomic E-state index is 5.59. The van der Waals surface area contributed by atoms with Gasteiger partial charge < -0.3 is 15.2 Å². The van der Waals surface area contributed by atoms with Crippen molar-refractivity contribution in [3.05, 3.63) is 34.3 Å². The topological polar surface area (TPSA) is 44.5 Å². The molecule has 0 saturated carbocycles. The van der Waals surface area contributed by atoms with Crippen molar-refractivity contribution in [1.29, 1.82) is 0 Å². The number of hydrogen-bond donors (Lipinski definition) is 1. The Morgan fingerprint density at radius 2 is 2.07 bits per heavy atom. The van der Waals surface area contributed by atoms with Crippen LogP contribution in [0.4, 0.5) is 0 Å². The van der Waals surface area contributed by atoms with Crippen molar-refractivity contribution in [3.63, 3.8) is 0 Å². The molecule has 82 valence electrons. The van der Waals surface area contributed by atoms with Gasteiger partial charge in [-0.15, -0.1) is 0 Å². The Hall–Kier alpha value is -0.420. The second kappa shape index (κ2) is 5.07. The van der Waals surface area contributed by atoms with Crippen molar-refractivity contribution < 1.29 is 9.47 Å². The second-order valence-electron chi connectivity index (χ2n) is 3.59. The highest BCUT2D eigenvalue weighted by Gasteiger charge is 2.24. The van der Waals surface area contributed by atoms with Gasteiger partial charge in [0.2, 0.25) is 0 Å². The quantitative estimate of drug-likeness (QED) is 0.910. The van der Waals surface area contributed by atoms with Gasteiger partial charge in [0, 0.05) is 17.4 Å². The Kier molecular flexibility index (Phi) is 3.75. The van der Waals surface area contributed by atoms with Crippen LogP contribution < -0.4 is 5.73 Å². The Balaban J connectivity index is 1.90. The van der Waals surface area contributed by atoms with Crippen LogP contribution in [0.3, 0.4) is 0 Å². The van der Waals surface area contributed by atoms with E-state index in [-0.39, 0.29) is 12.4 Å². The fourth-order valence-electron chi connectivity index (χ4n) is 1.55. The predicted octanol–water partition coefficient (Wildman–Crippen LogP) is 1.69. The van der Waals surface area contributed by atoms with E-state index >= 15 is 0 Å². The number of nitrogens with two attached hydrogens (primary N) is 1. The second-order valence-corrected chi connectivity index (χ2v) is 4.50. The molecule has 0 radical (unpaired) electrons. The van der Waals surface area contributed by atoms with E-state index in [9.17, 15) is 0 Å². The van der Waals surface area contributed by atoms with Gasteiger partial charge in [-0.2, -0.15) is 0 Å². The summed E-state index contributed by atoms with van der Waals surface area (Å²) in [5.41, 5.74) is 6.71. The summed E-state index contributed by atoms with van der Waals surface area (Å²) in [5, 5.41) is 0. The molecule has 1 aromatic rings. The van der Waals surface area contributed by atoms with Crippen LogP contribution in [0, 0.1) is 0 Å². The number of rotatable bonds is 3. The highest BCUT2D eigenvalue weighted by atomic mass is 79.9. The van der Waals surface area contributed by atoms with E-state index in [0.29, 0.717) is 13.2 Å². The average Bonchev–Trinajstić information content (AvgIpc) is 2.69. The van der Waals surface area contributed by atoms with Crippen molar-refractivity contribution in [1.82, 2.24) is 0 Å². The van der Waals surface area contributed by atoms with Crippen LogP contribution in [0.2, 0.25) is 0 Å². The van der Waals surface area contributed by atoms with Crippen LogP contribution in [0.1, 0.15) is 5.56 Å². The van der Waals surface area contributed by atoms with E-state index in [1.165, 1.54) is 5.56 Å². The molecular formula is C11H14BrNO2. The zero-order chi connectivity index (χ0) is 10.7. The third kappa shape index (κ3) is 3.01. The SMILES string of the molecule is NCC1COC(Cc2ccc(Br)cc2)O1. The Morgan fingerprint density at radius 1 is 1.33 bits per heavy atom. The number of benzene rings is 1. The molecule has 0 spiro atoms. The zero-order valence-corrected chi connectivity index (χ0v) is 9.94. The van der Waals surface area contributed by atoms with Crippen molar-refractivity contribution in [3.8, 4) is 0 Å². The minimum atomic E-state index is -0.139. The monoisotopic (exact) mass is 271 g/mol. The minimum Gasteiger partial charge on any atom is -0.350 e. The first kappa shape index (κ1) is 11.1. The van der Waals surface area contributed by atoms with Crippen molar-refractivity contribution in [2.45, 2.75) is 18.8 Å². The van der Waals surface area contributed by atoms with Crippen LogP contribution in [-0.2, 0) is 15.9 Å². The van der Waals surface area contributed by atoms with Gasteiger partial charge in [0.25, 0.3) is 0 Å². The Morgan fingerprint density at radius 3 is 2.67 bits per heavy atom. The number of ether oxygens (including phenoxy) is 2. The van der Waals surface area contributed by atoms with Gasteiger partial charge in [-0.25, -0.2) is 0 Å². The first-order valence-electron chi connectivity index (χ1n) is 4.99. The minimum absolute atomic E-state index is 0.0606. The molecule has 3 nitrogen and oxygen atoms in total. The maximum atomic E-state index is 5.59. The number of hydrogen-bond acceptors (Lipinski definition) is 3. The fraction of sp³-hybridized carbons (Fsp3) is 0.455. The first-order valence-corrected chi connectivity index (χ1v) is 5.79. The van der Waals surface area contributed by atoms with Crippen LogP contribution in [0.5, 0.6) is 0 Å². The van der Waals surface area contributed by atoms with Gasteiger partial charge in [-0.05, 0) is 17.7 Å². The zero-order valence-electron chi connectivity index (χ0n) is 8.36. The molecule has 2 atom stereocenters. The van der Waals surface area contributed by atoms with Gasteiger partial charge in [0.15, 0.2) is 6.29 Å². The van der Waals surface area contributed by atoms with Gasteiger partial charge in [0.1, 0.15) is 0 Å². The summed E-state index contributed by atoms with van der Waals surface area (Å²) in [4.78, 5) is 0. The summed E-state index contributed by atoms with van der Waals surface area (Å²) in [6.45, 7) is 1.13. The van der Waals surface area contributed by atoms with Gasteiger partial charge >= 0.3 is 0 Å².